The van der Waals surface area contributed by atoms with E-state index in [9.17, 15) is 79.2 Å². The van der Waals surface area contributed by atoms with Crippen LogP contribution in [0.15, 0.2) is 106 Å². The zero-order chi connectivity index (χ0) is 83.0. The number of nitrogens with zero attached hydrogens (tertiary/aromatic N) is 9. The Labute approximate surface area is 685 Å². The Balaban J connectivity index is 0.000000239. The number of hydrogen-bond acceptors (Lipinski definition) is 18. The SMILES string of the molecule is C.C.C.CCS(=O)(=O)c1ccc(CNC(=O)c2cnc3c(c2)CN(CC2CCC(C(F)(F)F)CC2)[C@H]3C(C)C)nc1.CCS(=O)(=O)c1ccc(CNC(=O)c2cnc3c(c2)CN(CC2CCC(C(F)(F)F)CC2)[C@H]3C(C)C)nc1.CCS(=O)(=O)c1ccc(CNC(=O)c2cnc3c(c2)CN(CC2CCC(C(F)(F)F)CC2)[C@H]3C(C)C)nc1. The Bertz CT molecular complexity index is 4190. The van der Waals surface area contributed by atoms with Crippen LogP contribution in [0.25, 0.3) is 0 Å². The maximum atomic E-state index is 13.1. The zero-order valence-corrected chi connectivity index (χ0v) is 68.3. The fourth-order valence-corrected chi connectivity index (χ4v) is 19.2. The van der Waals surface area contributed by atoms with Crippen molar-refractivity contribution in [3.8, 4) is 0 Å². The normalized spacial score (nSPS) is 21.9. The van der Waals surface area contributed by atoms with Gasteiger partial charge in [0.1, 0.15) is 0 Å². The lowest BCUT2D eigenvalue weighted by Gasteiger charge is -2.35. The number of pyridine rings is 6. The van der Waals surface area contributed by atoms with Crippen LogP contribution in [0, 0.1) is 53.3 Å². The van der Waals surface area contributed by atoms with Gasteiger partial charge in [-0.2, -0.15) is 39.5 Å². The lowest BCUT2D eigenvalue weighted by atomic mass is 9.81. The highest BCUT2D eigenvalue weighted by Gasteiger charge is 2.47. The van der Waals surface area contributed by atoms with E-state index in [0.717, 1.165) is 53.4 Å². The molecule has 117 heavy (non-hydrogen) atoms. The smallest absolute Gasteiger partial charge is 0.346 e. The lowest BCUT2D eigenvalue weighted by Crippen LogP contribution is -2.35. The zero-order valence-electron chi connectivity index (χ0n) is 65.9. The molecule has 12 rings (SSSR count). The molecule has 6 aromatic rings. The summed E-state index contributed by atoms with van der Waals surface area (Å²) in [4.78, 5) is 72.2. The Morgan fingerprint density at radius 2 is 0.607 bits per heavy atom. The Morgan fingerprint density at radius 1 is 0.376 bits per heavy atom. The number of sulfone groups is 3. The van der Waals surface area contributed by atoms with E-state index in [1.165, 1.54) is 36.8 Å². The highest BCUT2D eigenvalue weighted by Crippen LogP contribution is 2.47. The predicted molar refractivity (Wildman–Crippen MR) is 431 cm³/mol. The molecule has 3 aliphatic heterocycles. The summed E-state index contributed by atoms with van der Waals surface area (Å²) in [5.74, 6) is -3.05. The molecule has 6 aliphatic rings. The van der Waals surface area contributed by atoms with Crippen LogP contribution in [0.3, 0.4) is 0 Å². The van der Waals surface area contributed by atoms with Crippen LogP contribution in [-0.4, -0.2) is 143 Å². The number of hydrogen-bond donors (Lipinski definition) is 3. The summed E-state index contributed by atoms with van der Waals surface area (Å²) in [7, 11) is -10.0. The molecule has 3 fully saturated rings. The highest BCUT2D eigenvalue weighted by atomic mass is 32.2. The molecule has 0 spiro atoms. The number of fused-ring (bicyclic) bond motifs is 3. The van der Waals surface area contributed by atoms with Gasteiger partial charge in [-0.1, -0.05) is 84.6 Å². The number of amides is 3. The summed E-state index contributed by atoms with van der Waals surface area (Å²) >= 11 is 0. The van der Waals surface area contributed by atoms with Gasteiger partial charge in [-0.15, -0.1) is 0 Å². The number of carbonyl (C=O) groups excluding carboxylic acids is 3. The molecule has 3 amide bonds. The van der Waals surface area contributed by atoms with Crippen molar-refractivity contribution in [2.24, 2.45) is 53.3 Å². The Kier molecular flexibility index (Phi) is 33.5. The molecule has 3 N–H and O–H groups in total. The number of halogens is 9. The van der Waals surface area contributed by atoms with Gasteiger partial charge in [0.05, 0.1) is 138 Å². The molecule has 9 heterocycles. The fourth-order valence-electron chi connectivity index (χ4n) is 16.8. The van der Waals surface area contributed by atoms with E-state index >= 15 is 0 Å². The number of carbonyl (C=O) groups is 3. The minimum atomic E-state index is -4.11. The first-order chi connectivity index (χ1) is 53.7. The van der Waals surface area contributed by atoms with Gasteiger partial charge in [0.25, 0.3) is 17.7 Å². The summed E-state index contributed by atoms with van der Waals surface area (Å²) in [6.45, 7) is 21.8. The molecule has 3 saturated carbocycles. The van der Waals surface area contributed by atoms with Gasteiger partial charge in [0.2, 0.25) is 0 Å². The van der Waals surface area contributed by atoms with Gasteiger partial charge in [-0.3, -0.25) is 59.0 Å². The standard InChI is InChI=1S/3C27H35F3N4O3S.3CH4/c3*1-4-38(36,37)23-10-9-22(31-14-23)13-33-26(35)19-11-20-16-34(25(17(2)3)24(20)32-12-19)15-18-5-7-21(8-6-18)27(28,29)30;;;/h3*9-12,14,17-18,21,25H,4-8,13,15-16H2,1-3H3,(H,33,35);3*1H4/t3*18?,21?,25-;;;/m000.../s1. The van der Waals surface area contributed by atoms with E-state index in [1.54, 1.807) is 57.6 Å². The molecule has 0 aromatic carbocycles. The van der Waals surface area contributed by atoms with Crippen LogP contribution < -0.4 is 16.0 Å². The first kappa shape index (κ1) is 96.5. The predicted octanol–water partition coefficient (Wildman–Crippen LogP) is 17.2. The average molecular weight is 1710 g/mol. The van der Waals surface area contributed by atoms with E-state index in [-0.39, 0.29) is 184 Å². The van der Waals surface area contributed by atoms with Gasteiger partial charge in [0, 0.05) is 76.4 Å². The lowest BCUT2D eigenvalue weighted by molar-refractivity contribution is -0.185. The highest BCUT2D eigenvalue weighted by molar-refractivity contribution is 7.92. The summed E-state index contributed by atoms with van der Waals surface area (Å²) in [6, 6.07) is 14.9. The monoisotopic (exact) mass is 1700 g/mol. The molecule has 6 aromatic heterocycles. The third-order valence-corrected chi connectivity index (χ3v) is 28.3. The van der Waals surface area contributed by atoms with Gasteiger partial charge >= 0.3 is 18.5 Å². The molecule has 21 nitrogen and oxygen atoms in total. The third kappa shape index (κ3) is 24.6. The van der Waals surface area contributed by atoms with Crippen molar-refractivity contribution in [1.29, 1.82) is 0 Å². The van der Waals surface area contributed by atoms with E-state index in [4.69, 9.17) is 0 Å². The van der Waals surface area contributed by atoms with E-state index in [1.807, 2.05) is 18.2 Å². The largest absolute Gasteiger partial charge is 0.391 e. The molecular formula is C84H117F9N12O9S3. The second-order valence-corrected chi connectivity index (χ2v) is 39.0. The molecule has 648 valence electrons. The summed E-state index contributed by atoms with van der Waals surface area (Å²) in [6.07, 6.45) is 0.837. The summed E-state index contributed by atoms with van der Waals surface area (Å²) in [5, 5.41) is 8.43. The van der Waals surface area contributed by atoms with Crippen molar-refractivity contribution in [2.75, 3.05) is 36.9 Å². The maximum absolute atomic E-state index is 13.1. The molecule has 0 saturated heterocycles. The number of rotatable bonds is 24. The second kappa shape index (κ2) is 40.6. The summed E-state index contributed by atoms with van der Waals surface area (Å²) < 4.78 is 189. The van der Waals surface area contributed by atoms with Crippen molar-refractivity contribution in [3.63, 3.8) is 0 Å². The number of nitrogens with one attached hydrogen (secondary N) is 3. The Hall–Kier alpha value is -7.59. The molecule has 0 radical (unpaired) electrons. The summed E-state index contributed by atoms with van der Waals surface area (Å²) in [5.41, 5.74) is 8.54. The van der Waals surface area contributed by atoms with Crippen LogP contribution in [0.2, 0.25) is 0 Å². The van der Waals surface area contributed by atoms with E-state index < -0.39 is 65.8 Å². The van der Waals surface area contributed by atoms with Crippen LogP contribution in [0.4, 0.5) is 39.5 Å². The van der Waals surface area contributed by atoms with Crippen LogP contribution in [-0.2, 0) is 68.8 Å². The van der Waals surface area contributed by atoms with Crippen LogP contribution in [0.1, 0.15) is 262 Å². The van der Waals surface area contributed by atoms with Crippen molar-refractivity contribution < 1.29 is 79.2 Å². The van der Waals surface area contributed by atoms with Gasteiger partial charge < -0.3 is 16.0 Å². The molecule has 33 heteroatoms. The molecule has 3 aliphatic carbocycles. The van der Waals surface area contributed by atoms with Crippen LogP contribution in [0.5, 0.6) is 0 Å². The first-order valence-corrected chi connectivity index (χ1v) is 44.4. The second-order valence-electron chi connectivity index (χ2n) is 32.2. The fraction of sp³-hybridized carbons (Fsp3) is 0.607. The van der Waals surface area contributed by atoms with E-state index in [0.29, 0.717) is 91.9 Å². The molecule has 0 bridgehead atoms. The first-order valence-electron chi connectivity index (χ1n) is 39.4. The van der Waals surface area contributed by atoms with E-state index in [2.05, 4.69) is 102 Å². The van der Waals surface area contributed by atoms with Crippen molar-refractivity contribution in [2.45, 2.75) is 252 Å². The number of aromatic nitrogens is 6. The molecule has 0 unspecified atom stereocenters. The van der Waals surface area contributed by atoms with Crippen molar-refractivity contribution in [3.05, 3.63) is 159 Å². The van der Waals surface area contributed by atoms with Crippen molar-refractivity contribution >= 4 is 47.2 Å². The quantitative estimate of drug-likeness (QED) is 0.0475. The molecule has 3 atom stereocenters. The maximum Gasteiger partial charge on any atom is 0.391 e. The Morgan fingerprint density at radius 3 is 0.795 bits per heavy atom. The average Bonchev–Trinajstić information content (AvgIpc) is 1.64. The molecular weight excluding hydrogens is 1590 g/mol. The van der Waals surface area contributed by atoms with Crippen molar-refractivity contribution in [1.82, 2.24) is 60.6 Å². The van der Waals surface area contributed by atoms with Gasteiger partial charge in [0.15, 0.2) is 29.5 Å². The van der Waals surface area contributed by atoms with Crippen LogP contribution >= 0.6 is 0 Å². The topological polar surface area (TPSA) is 277 Å². The van der Waals surface area contributed by atoms with Gasteiger partial charge in [-0.05, 0) is 184 Å². The minimum Gasteiger partial charge on any atom is -0.346 e. The number of alkyl halides is 9. The van der Waals surface area contributed by atoms with Gasteiger partial charge in [-0.25, -0.2) is 25.3 Å². The third-order valence-electron chi connectivity index (χ3n) is 23.1. The minimum absolute atomic E-state index is 0.